The molecule has 0 spiro atoms. The molecule has 1 aliphatic rings. The molecule has 6 heteroatoms. The van der Waals surface area contributed by atoms with Crippen LogP contribution < -0.4 is 10.6 Å². The molecule has 1 fully saturated rings. The Labute approximate surface area is 141 Å². The topological polar surface area (TPSA) is 76.0 Å². The number of benzene rings is 1. The zero-order valence-electron chi connectivity index (χ0n) is 13.8. The molecular formula is C18H22N4O2. The lowest BCUT2D eigenvalue weighted by Crippen LogP contribution is -2.24. The van der Waals surface area contributed by atoms with Gasteiger partial charge in [0.05, 0.1) is 5.69 Å². The van der Waals surface area contributed by atoms with Gasteiger partial charge in [0.25, 0.3) is 5.91 Å². The summed E-state index contributed by atoms with van der Waals surface area (Å²) in [5.74, 6) is 0.384. The van der Waals surface area contributed by atoms with Crippen molar-refractivity contribution in [2.24, 2.45) is 5.92 Å². The first-order chi connectivity index (χ1) is 11.7. The number of carbonyl (C=O) groups is 2. The number of hydrogen-bond acceptors (Lipinski definition) is 3. The molecule has 1 aromatic carbocycles. The zero-order chi connectivity index (χ0) is 16.9. The smallest absolute Gasteiger partial charge is 0.271 e. The van der Waals surface area contributed by atoms with Gasteiger partial charge < -0.3 is 10.6 Å². The molecule has 2 aromatic rings. The average molecular weight is 326 g/mol. The maximum absolute atomic E-state index is 12.2. The van der Waals surface area contributed by atoms with Crippen LogP contribution in [0.5, 0.6) is 0 Å². The number of nitrogens with zero attached hydrogens (tertiary/aromatic N) is 2. The van der Waals surface area contributed by atoms with Crippen LogP contribution in [0.1, 0.15) is 43.1 Å². The minimum absolute atomic E-state index is 0.00924. The molecule has 1 saturated carbocycles. The highest BCUT2D eigenvalue weighted by molar-refractivity contribution is 5.97. The van der Waals surface area contributed by atoms with E-state index >= 15 is 0 Å². The minimum Gasteiger partial charge on any atom is -0.351 e. The summed E-state index contributed by atoms with van der Waals surface area (Å²) >= 11 is 0. The van der Waals surface area contributed by atoms with Crippen LogP contribution in [0.3, 0.4) is 0 Å². The van der Waals surface area contributed by atoms with Crippen LogP contribution >= 0.6 is 0 Å². The standard InChI is InChI=1S/C18H22N4O2/c1-2-3-11-19-18(24)15-12-16(20-17(23)13-9-10-13)22(21-15)14-7-5-4-6-8-14/h4-8,12-13H,2-3,9-11H2,1H3,(H,19,24)(H,20,23). The fraction of sp³-hybridized carbons (Fsp3) is 0.389. The lowest BCUT2D eigenvalue weighted by molar-refractivity contribution is -0.117. The number of hydrogen-bond donors (Lipinski definition) is 2. The van der Waals surface area contributed by atoms with Gasteiger partial charge in [-0.15, -0.1) is 0 Å². The molecule has 0 bridgehead atoms. The summed E-state index contributed by atoms with van der Waals surface area (Å²) < 4.78 is 1.61. The van der Waals surface area contributed by atoms with E-state index in [1.54, 1.807) is 10.7 Å². The van der Waals surface area contributed by atoms with Crippen molar-refractivity contribution in [3.05, 3.63) is 42.1 Å². The third-order valence-electron chi connectivity index (χ3n) is 3.96. The normalized spacial score (nSPS) is 13.5. The van der Waals surface area contributed by atoms with E-state index in [2.05, 4.69) is 22.7 Å². The maximum atomic E-state index is 12.2. The Morgan fingerprint density at radius 3 is 2.67 bits per heavy atom. The SMILES string of the molecule is CCCCNC(=O)c1cc(NC(=O)C2CC2)n(-c2ccccc2)n1. The van der Waals surface area contributed by atoms with Crippen molar-refractivity contribution in [3.8, 4) is 5.69 Å². The van der Waals surface area contributed by atoms with Gasteiger partial charge in [-0.2, -0.15) is 5.10 Å². The van der Waals surface area contributed by atoms with E-state index in [9.17, 15) is 9.59 Å². The summed E-state index contributed by atoms with van der Waals surface area (Å²) in [6.07, 6.45) is 3.79. The molecule has 126 valence electrons. The lowest BCUT2D eigenvalue weighted by atomic mass is 10.3. The number of carbonyl (C=O) groups excluding carboxylic acids is 2. The van der Waals surface area contributed by atoms with Crippen molar-refractivity contribution in [3.63, 3.8) is 0 Å². The highest BCUT2D eigenvalue weighted by Gasteiger charge is 2.30. The third kappa shape index (κ3) is 3.82. The van der Waals surface area contributed by atoms with Gasteiger partial charge in [0.2, 0.25) is 5.91 Å². The Hall–Kier alpha value is -2.63. The van der Waals surface area contributed by atoms with Crippen LogP contribution in [0.25, 0.3) is 5.69 Å². The molecular weight excluding hydrogens is 304 g/mol. The van der Waals surface area contributed by atoms with E-state index < -0.39 is 0 Å². The van der Waals surface area contributed by atoms with Crippen molar-refractivity contribution >= 4 is 17.6 Å². The molecule has 2 amide bonds. The summed E-state index contributed by atoms with van der Waals surface area (Å²) in [7, 11) is 0. The van der Waals surface area contributed by atoms with Crippen molar-refractivity contribution < 1.29 is 9.59 Å². The van der Waals surface area contributed by atoms with Crippen LogP contribution in [0.4, 0.5) is 5.82 Å². The van der Waals surface area contributed by atoms with Crippen molar-refractivity contribution in [2.45, 2.75) is 32.6 Å². The number of unbranched alkanes of at least 4 members (excludes halogenated alkanes) is 1. The molecule has 0 saturated heterocycles. The molecule has 1 aromatic heterocycles. The average Bonchev–Trinajstić information content (AvgIpc) is 3.37. The quantitative estimate of drug-likeness (QED) is 0.768. The first-order valence-corrected chi connectivity index (χ1v) is 8.43. The first kappa shape index (κ1) is 16.2. The van der Waals surface area contributed by atoms with Crippen LogP contribution in [0, 0.1) is 5.92 Å². The number of rotatable bonds is 7. The van der Waals surface area contributed by atoms with Gasteiger partial charge in [0.1, 0.15) is 5.82 Å². The van der Waals surface area contributed by atoms with Crippen LogP contribution in [0.2, 0.25) is 0 Å². The summed E-state index contributed by atoms with van der Waals surface area (Å²) in [6.45, 7) is 2.69. The fourth-order valence-electron chi connectivity index (χ4n) is 2.39. The van der Waals surface area contributed by atoms with E-state index in [1.165, 1.54) is 0 Å². The van der Waals surface area contributed by atoms with Crippen LogP contribution in [-0.4, -0.2) is 28.1 Å². The van der Waals surface area contributed by atoms with Gasteiger partial charge in [0, 0.05) is 18.5 Å². The zero-order valence-corrected chi connectivity index (χ0v) is 13.8. The largest absolute Gasteiger partial charge is 0.351 e. The predicted octanol–water partition coefficient (Wildman–Crippen LogP) is 2.75. The van der Waals surface area contributed by atoms with Gasteiger partial charge in [-0.25, -0.2) is 4.68 Å². The molecule has 6 nitrogen and oxygen atoms in total. The van der Waals surface area contributed by atoms with E-state index in [0.717, 1.165) is 31.4 Å². The van der Waals surface area contributed by atoms with Crippen LogP contribution in [0.15, 0.2) is 36.4 Å². The van der Waals surface area contributed by atoms with Gasteiger partial charge in [-0.1, -0.05) is 31.5 Å². The van der Waals surface area contributed by atoms with Gasteiger partial charge in [0.15, 0.2) is 5.69 Å². The van der Waals surface area contributed by atoms with Gasteiger partial charge in [-0.3, -0.25) is 9.59 Å². The fourth-order valence-corrected chi connectivity index (χ4v) is 2.39. The lowest BCUT2D eigenvalue weighted by Gasteiger charge is -2.08. The Morgan fingerprint density at radius 1 is 1.25 bits per heavy atom. The van der Waals surface area contributed by atoms with Gasteiger partial charge >= 0.3 is 0 Å². The van der Waals surface area contributed by atoms with Gasteiger partial charge in [-0.05, 0) is 31.4 Å². The monoisotopic (exact) mass is 326 g/mol. The first-order valence-electron chi connectivity index (χ1n) is 8.43. The number of aromatic nitrogens is 2. The molecule has 2 N–H and O–H groups in total. The molecule has 0 unspecified atom stereocenters. The van der Waals surface area contributed by atoms with E-state index in [1.807, 2.05) is 30.3 Å². The minimum atomic E-state index is -0.222. The highest BCUT2D eigenvalue weighted by Crippen LogP contribution is 2.30. The second kappa shape index (κ2) is 7.29. The Morgan fingerprint density at radius 2 is 2.00 bits per heavy atom. The Bertz CT molecular complexity index is 720. The highest BCUT2D eigenvalue weighted by atomic mass is 16.2. The van der Waals surface area contributed by atoms with E-state index in [4.69, 9.17) is 0 Å². The summed E-state index contributed by atoms with van der Waals surface area (Å²) in [5, 5.41) is 10.1. The third-order valence-corrected chi connectivity index (χ3v) is 3.96. The number of amides is 2. The maximum Gasteiger partial charge on any atom is 0.271 e. The molecule has 1 aliphatic carbocycles. The summed E-state index contributed by atoms with van der Waals surface area (Å²) in [6, 6.07) is 11.1. The molecule has 0 radical (unpaired) electrons. The van der Waals surface area contributed by atoms with Crippen molar-refractivity contribution in [2.75, 3.05) is 11.9 Å². The second-order valence-corrected chi connectivity index (χ2v) is 6.04. The molecule has 0 atom stereocenters. The second-order valence-electron chi connectivity index (χ2n) is 6.04. The number of nitrogens with one attached hydrogen (secondary N) is 2. The number of anilines is 1. The molecule has 3 rings (SSSR count). The number of para-hydroxylation sites is 1. The summed E-state index contributed by atoms with van der Waals surface area (Å²) in [5.41, 5.74) is 1.11. The van der Waals surface area contributed by atoms with E-state index in [0.29, 0.717) is 18.1 Å². The predicted molar refractivity (Wildman–Crippen MR) is 92.2 cm³/mol. The molecule has 24 heavy (non-hydrogen) atoms. The summed E-state index contributed by atoms with van der Waals surface area (Å²) in [4.78, 5) is 24.3. The Kier molecular flexibility index (Phi) is 4.93. The van der Waals surface area contributed by atoms with Crippen molar-refractivity contribution in [1.29, 1.82) is 0 Å². The molecule has 1 heterocycles. The Balaban J connectivity index is 1.84. The van der Waals surface area contributed by atoms with E-state index in [-0.39, 0.29) is 17.7 Å². The molecule has 0 aliphatic heterocycles. The van der Waals surface area contributed by atoms with Crippen molar-refractivity contribution in [1.82, 2.24) is 15.1 Å². The van der Waals surface area contributed by atoms with Crippen LogP contribution in [-0.2, 0) is 4.79 Å².